The number of aromatic nitrogens is 3. The Morgan fingerprint density at radius 1 is 1.00 bits per heavy atom. The summed E-state index contributed by atoms with van der Waals surface area (Å²) in [4.78, 5) is 28.9. The number of benzene rings is 2. The Kier molecular flexibility index (Phi) is 5.79. The summed E-state index contributed by atoms with van der Waals surface area (Å²) in [5, 5.41) is 0. The van der Waals surface area contributed by atoms with Crippen molar-refractivity contribution in [1.29, 1.82) is 0 Å². The molecule has 1 aliphatic heterocycles. The van der Waals surface area contributed by atoms with E-state index in [9.17, 15) is 4.79 Å². The standard InChI is InChI=1S/C27H29N5O2/c1-17-15-32(16-18(2)34-17)22-11-9-20(10-12-22)24-14-29-26-25(30-24)23(13-28-26)19-5-7-21(8-6-19)27(33)31(3)4/h5-14,17-18H,15-16H2,1-4H3,(H,28,29)/t17-,18+. The van der Waals surface area contributed by atoms with E-state index >= 15 is 0 Å². The fourth-order valence-electron chi connectivity index (χ4n) is 4.53. The summed E-state index contributed by atoms with van der Waals surface area (Å²) in [6.07, 6.45) is 4.16. The first-order valence-electron chi connectivity index (χ1n) is 11.6. The van der Waals surface area contributed by atoms with Crippen LogP contribution in [0.1, 0.15) is 24.2 Å². The minimum atomic E-state index is -0.0167. The van der Waals surface area contributed by atoms with Crippen LogP contribution in [-0.2, 0) is 4.74 Å². The fraction of sp³-hybridized carbons (Fsp3) is 0.296. The number of carbonyl (C=O) groups excluding carboxylic acids is 1. The minimum absolute atomic E-state index is 0.0167. The lowest BCUT2D eigenvalue weighted by Crippen LogP contribution is -2.45. The van der Waals surface area contributed by atoms with Crippen LogP contribution in [0, 0.1) is 0 Å². The van der Waals surface area contributed by atoms with E-state index in [1.165, 1.54) is 5.69 Å². The maximum absolute atomic E-state index is 12.2. The summed E-state index contributed by atoms with van der Waals surface area (Å²) in [5.74, 6) is -0.0167. The summed E-state index contributed by atoms with van der Waals surface area (Å²) in [7, 11) is 3.50. The monoisotopic (exact) mass is 455 g/mol. The van der Waals surface area contributed by atoms with Gasteiger partial charge in [0.1, 0.15) is 5.52 Å². The lowest BCUT2D eigenvalue weighted by molar-refractivity contribution is -0.00521. The molecule has 2 aromatic heterocycles. The number of fused-ring (bicyclic) bond motifs is 1. The number of nitrogens with zero attached hydrogens (tertiary/aromatic N) is 4. The smallest absolute Gasteiger partial charge is 0.253 e. The van der Waals surface area contributed by atoms with Crippen LogP contribution in [0.4, 0.5) is 5.69 Å². The number of anilines is 1. The predicted molar refractivity (Wildman–Crippen MR) is 135 cm³/mol. The summed E-state index contributed by atoms with van der Waals surface area (Å²) >= 11 is 0. The van der Waals surface area contributed by atoms with Crippen LogP contribution in [0.15, 0.2) is 60.9 Å². The Hall–Kier alpha value is -3.71. The molecule has 0 spiro atoms. The Labute approximate surface area is 199 Å². The zero-order chi connectivity index (χ0) is 23.8. The number of H-pyrrole nitrogens is 1. The topological polar surface area (TPSA) is 74.4 Å². The van der Waals surface area contributed by atoms with E-state index in [0.717, 1.165) is 46.6 Å². The van der Waals surface area contributed by atoms with Gasteiger partial charge in [-0.2, -0.15) is 0 Å². The highest BCUT2D eigenvalue weighted by molar-refractivity contribution is 5.96. The Morgan fingerprint density at radius 3 is 2.29 bits per heavy atom. The van der Waals surface area contributed by atoms with Gasteiger partial charge < -0.3 is 19.5 Å². The predicted octanol–water partition coefficient (Wildman–Crippen LogP) is 4.61. The van der Waals surface area contributed by atoms with E-state index in [4.69, 9.17) is 9.72 Å². The van der Waals surface area contributed by atoms with Crippen molar-refractivity contribution < 1.29 is 9.53 Å². The molecule has 0 radical (unpaired) electrons. The summed E-state index contributed by atoms with van der Waals surface area (Å²) in [6, 6.07) is 16.1. The first-order chi connectivity index (χ1) is 16.4. The van der Waals surface area contributed by atoms with Crippen LogP contribution >= 0.6 is 0 Å². The molecule has 4 aromatic rings. The fourth-order valence-corrected chi connectivity index (χ4v) is 4.53. The number of aromatic amines is 1. The molecule has 0 aliphatic carbocycles. The molecule has 1 saturated heterocycles. The van der Waals surface area contributed by atoms with E-state index in [1.54, 1.807) is 25.2 Å². The number of nitrogens with one attached hydrogen (secondary N) is 1. The van der Waals surface area contributed by atoms with Gasteiger partial charge in [0, 0.05) is 55.8 Å². The lowest BCUT2D eigenvalue weighted by Gasteiger charge is -2.36. The molecule has 7 nitrogen and oxygen atoms in total. The number of amides is 1. The summed E-state index contributed by atoms with van der Waals surface area (Å²) in [5.41, 5.74) is 7.18. The molecule has 5 rings (SSSR count). The van der Waals surface area contributed by atoms with Gasteiger partial charge in [0.15, 0.2) is 5.65 Å². The first-order valence-corrected chi connectivity index (χ1v) is 11.6. The van der Waals surface area contributed by atoms with Gasteiger partial charge in [0.05, 0.1) is 24.1 Å². The van der Waals surface area contributed by atoms with E-state index in [2.05, 4.69) is 53.0 Å². The van der Waals surface area contributed by atoms with E-state index < -0.39 is 0 Å². The normalized spacial score (nSPS) is 18.3. The van der Waals surface area contributed by atoms with Gasteiger partial charge in [0.2, 0.25) is 0 Å². The average Bonchev–Trinajstić information content (AvgIpc) is 3.26. The van der Waals surface area contributed by atoms with Gasteiger partial charge in [-0.25, -0.2) is 9.97 Å². The van der Waals surface area contributed by atoms with Crippen molar-refractivity contribution in [3.63, 3.8) is 0 Å². The molecule has 0 unspecified atom stereocenters. The third-order valence-corrected chi connectivity index (χ3v) is 6.18. The maximum atomic E-state index is 12.2. The molecule has 1 amide bonds. The molecule has 2 atom stereocenters. The maximum Gasteiger partial charge on any atom is 0.253 e. The average molecular weight is 456 g/mol. The van der Waals surface area contributed by atoms with E-state index in [-0.39, 0.29) is 18.1 Å². The molecule has 174 valence electrons. The number of ether oxygens (including phenoxy) is 1. The van der Waals surface area contributed by atoms with Crippen molar-refractivity contribution in [2.45, 2.75) is 26.1 Å². The molecule has 1 fully saturated rings. The van der Waals surface area contributed by atoms with Crippen LogP contribution in [0.25, 0.3) is 33.5 Å². The lowest BCUT2D eigenvalue weighted by atomic mass is 10.1. The number of rotatable bonds is 4. The Bertz CT molecular complexity index is 1300. The molecular formula is C27H29N5O2. The van der Waals surface area contributed by atoms with Crippen LogP contribution in [0.5, 0.6) is 0 Å². The van der Waals surface area contributed by atoms with Crippen LogP contribution in [0.3, 0.4) is 0 Å². The molecular weight excluding hydrogens is 426 g/mol. The van der Waals surface area contributed by atoms with Crippen molar-refractivity contribution in [2.75, 3.05) is 32.1 Å². The molecule has 34 heavy (non-hydrogen) atoms. The van der Waals surface area contributed by atoms with Crippen LogP contribution in [-0.4, -0.2) is 65.2 Å². The van der Waals surface area contributed by atoms with Gasteiger partial charge >= 0.3 is 0 Å². The van der Waals surface area contributed by atoms with Crippen molar-refractivity contribution >= 4 is 22.8 Å². The van der Waals surface area contributed by atoms with E-state index in [0.29, 0.717) is 5.56 Å². The molecule has 7 heteroatoms. The number of hydrogen-bond donors (Lipinski definition) is 1. The minimum Gasteiger partial charge on any atom is -0.372 e. The van der Waals surface area contributed by atoms with Gasteiger partial charge in [-0.15, -0.1) is 0 Å². The van der Waals surface area contributed by atoms with Crippen molar-refractivity contribution in [3.8, 4) is 22.4 Å². The number of morpholine rings is 1. The van der Waals surface area contributed by atoms with Crippen molar-refractivity contribution in [2.24, 2.45) is 0 Å². The molecule has 1 N–H and O–H groups in total. The SMILES string of the molecule is C[C@@H]1CN(c2ccc(-c3cnc4[nH]cc(-c5ccc(C(=O)N(C)C)cc5)c4n3)cc2)C[C@H](C)O1. The van der Waals surface area contributed by atoms with E-state index in [1.807, 2.05) is 30.5 Å². The first kappa shape index (κ1) is 22.1. The third kappa shape index (κ3) is 4.26. The highest BCUT2D eigenvalue weighted by atomic mass is 16.5. The quantitative estimate of drug-likeness (QED) is 0.487. The number of hydrogen-bond acceptors (Lipinski definition) is 5. The second-order valence-electron chi connectivity index (χ2n) is 9.14. The van der Waals surface area contributed by atoms with Gasteiger partial charge in [0.25, 0.3) is 5.91 Å². The third-order valence-electron chi connectivity index (χ3n) is 6.18. The second kappa shape index (κ2) is 8.91. The van der Waals surface area contributed by atoms with Gasteiger partial charge in [-0.05, 0) is 43.7 Å². The van der Waals surface area contributed by atoms with Gasteiger partial charge in [-0.3, -0.25) is 4.79 Å². The van der Waals surface area contributed by atoms with Crippen LogP contribution < -0.4 is 4.90 Å². The van der Waals surface area contributed by atoms with Gasteiger partial charge in [-0.1, -0.05) is 24.3 Å². The number of carbonyl (C=O) groups is 1. The molecule has 2 aromatic carbocycles. The molecule has 3 heterocycles. The Balaban J connectivity index is 1.42. The van der Waals surface area contributed by atoms with Crippen molar-refractivity contribution in [1.82, 2.24) is 19.9 Å². The summed E-state index contributed by atoms with van der Waals surface area (Å²) < 4.78 is 5.86. The zero-order valence-corrected chi connectivity index (χ0v) is 19.9. The van der Waals surface area contributed by atoms with Crippen molar-refractivity contribution in [3.05, 3.63) is 66.5 Å². The summed E-state index contributed by atoms with van der Waals surface area (Å²) in [6.45, 7) is 6.01. The largest absolute Gasteiger partial charge is 0.372 e. The zero-order valence-electron chi connectivity index (χ0n) is 19.9. The highest BCUT2D eigenvalue weighted by Gasteiger charge is 2.22. The Morgan fingerprint density at radius 2 is 1.65 bits per heavy atom. The highest BCUT2D eigenvalue weighted by Crippen LogP contribution is 2.30. The van der Waals surface area contributed by atoms with Crippen LogP contribution in [0.2, 0.25) is 0 Å². The molecule has 0 saturated carbocycles. The molecule has 1 aliphatic rings. The second-order valence-corrected chi connectivity index (χ2v) is 9.14. The molecule has 0 bridgehead atoms.